The fraction of sp³-hybridized carbons (Fsp3) is 0.267. The van der Waals surface area contributed by atoms with Crippen molar-refractivity contribution in [1.29, 1.82) is 0 Å². The van der Waals surface area contributed by atoms with Gasteiger partial charge >= 0.3 is 0 Å². The molecule has 104 valence electrons. The van der Waals surface area contributed by atoms with E-state index in [4.69, 9.17) is 9.84 Å². The number of rotatable bonds is 4. The molecule has 1 heterocycles. The molecule has 0 fully saturated rings. The second-order valence-corrected chi connectivity index (χ2v) is 5.18. The molecule has 0 amide bonds. The largest absolute Gasteiger partial charge is 0.495 e. The van der Waals surface area contributed by atoms with E-state index < -0.39 is 0 Å². The Balaban J connectivity index is 2.12. The van der Waals surface area contributed by atoms with Gasteiger partial charge in [0.2, 0.25) is 0 Å². The quantitative estimate of drug-likeness (QED) is 0.691. The number of aryl methyl sites for hydroxylation is 1. The molecule has 2 rings (SSSR count). The van der Waals surface area contributed by atoms with Gasteiger partial charge in [-0.15, -0.1) is 11.8 Å². The summed E-state index contributed by atoms with van der Waals surface area (Å²) in [5.74, 6) is 7.11. The van der Waals surface area contributed by atoms with Gasteiger partial charge in [0, 0.05) is 23.9 Å². The third kappa shape index (κ3) is 3.80. The number of aromatic nitrogens is 2. The first-order valence-electron chi connectivity index (χ1n) is 6.11. The van der Waals surface area contributed by atoms with Gasteiger partial charge in [0.1, 0.15) is 12.4 Å². The summed E-state index contributed by atoms with van der Waals surface area (Å²) in [6.07, 6.45) is 3.83. The van der Waals surface area contributed by atoms with E-state index in [0.717, 1.165) is 27.5 Å². The van der Waals surface area contributed by atoms with Crippen molar-refractivity contribution in [3.63, 3.8) is 0 Å². The zero-order chi connectivity index (χ0) is 14.4. The number of benzene rings is 1. The van der Waals surface area contributed by atoms with Crippen molar-refractivity contribution in [2.24, 2.45) is 7.05 Å². The highest BCUT2D eigenvalue weighted by atomic mass is 32.2. The summed E-state index contributed by atoms with van der Waals surface area (Å²) in [7, 11) is 3.52. The number of hydrogen-bond donors (Lipinski definition) is 1. The predicted octanol–water partition coefficient (Wildman–Crippen LogP) is 2.06. The highest BCUT2D eigenvalue weighted by Gasteiger charge is 2.04. The molecule has 0 radical (unpaired) electrons. The minimum Gasteiger partial charge on any atom is -0.495 e. The van der Waals surface area contributed by atoms with E-state index in [-0.39, 0.29) is 6.61 Å². The number of ether oxygens (including phenoxy) is 1. The Labute approximate surface area is 122 Å². The smallest absolute Gasteiger partial charge is 0.134 e. The SMILES string of the molecule is COc1ccc(CSc2cnn(C)c2)cc1C#CCO. The molecule has 1 N–H and O–H groups in total. The summed E-state index contributed by atoms with van der Waals surface area (Å²) in [6.45, 7) is -0.155. The fourth-order valence-corrected chi connectivity index (χ4v) is 2.58. The molecule has 0 aliphatic carbocycles. The van der Waals surface area contributed by atoms with Gasteiger partial charge in [-0.05, 0) is 17.7 Å². The fourth-order valence-electron chi connectivity index (χ4n) is 1.72. The Morgan fingerprint density at radius 2 is 2.30 bits per heavy atom. The summed E-state index contributed by atoms with van der Waals surface area (Å²) in [5.41, 5.74) is 1.95. The second kappa shape index (κ2) is 7.04. The van der Waals surface area contributed by atoms with E-state index in [1.807, 2.05) is 37.6 Å². The van der Waals surface area contributed by atoms with Crippen LogP contribution in [-0.2, 0) is 12.8 Å². The van der Waals surface area contributed by atoms with Gasteiger partial charge in [0.25, 0.3) is 0 Å². The van der Waals surface area contributed by atoms with Gasteiger partial charge < -0.3 is 9.84 Å². The van der Waals surface area contributed by atoms with E-state index in [2.05, 4.69) is 16.9 Å². The van der Waals surface area contributed by atoms with Crippen LogP contribution in [0, 0.1) is 11.8 Å². The molecule has 0 saturated carbocycles. The minimum absolute atomic E-state index is 0.155. The van der Waals surface area contributed by atoms with Crippen molar-refractivity contribution < 1.29 is 9.84 Å². The Hall–Kier alpha value is -1.90. The summed E-state index contributed by atoms with van der Waals surface area (Å²) < 4.78 is 7.05. The standard InChI is InChI=1S/C15H16N2O2S/c1-17-10-14(9-16-17)20-11-12-5-6-15(19-2)13(8-12)4-3-7-18/h5-6,8-10,18H,7,11H2,1-2H3. The van der Waals surface area contributed by atoms with Crippen LogP contribution in [0.15, 0.2) is 35.5 Å². The van der Waals surface area contributed by atoms with Crippen LogP contribution >= 0.6 is 11.8 Å². The topological polar surface area (TPSA) is 47.3 Å². The van der Waals surface area contributed by atoms with Gasteiger partial charge in [0.05, 0.1) is 18.9 Å². The van der Waals surface area contributed by atoms with Crippen molar-refractivity contribution in [1.82, 2.24) is 9.78 Å². The molecule has 4 nitrogen and oxygen atoms in total. The van der Waals surface area contributed by atoms with Gasteiger partial charge in [-0.25, -0.2) is 0 Å². The predicted molar refractivity (Wildman–Crippen MR) is 79.7 cm³/mol. The molecule has 0 spiro atoms. The molecule has 5 heteroatoms. The zero-order valence-corrected chi connectivity index (χ0v) is 12.3. The average Bonchev–Trinajstić information content (AvgIpc) is 2.88. The van der Waals surface area contributed by atoms with Gasteiger partial charge in [-0.3, -0.25) is 4.68 Å². The molecule has 1 aromatic carbocycles. The van der Waals surface area contributed by atoms with E-state index in [1.165, 1.54) is 0 Å². The number of thioether (sulfide) groups is 1. The van der Waals surface area contributed by atoms with Crippen molar-refractivity contribution in [2.75, 3.05) is 13.7 Å². The van der Waals surface area contributed by atoms with Crippen molar-refractivity contribution in [3.8, 4) is 17.6 Å². The van der Waals surface area contributed by atoms with Crippen LogP contribution < -0.4 is 4.74 Å². The first-order chi connectivity index (χ1) is 9.72. The molecule has 20 heavy (non-hydrogen) atoms. The van der Waals surface area contributed by atoms with Crippen molar-refractivity contribution >= 4 is 11.8 Å². The number of aliphatic hydroxyl groups is 1. The molecule has 0 bridgehead atoms. The number of hydrogen-bond acceptors (Lipinski definition) is 4. The molecule has 1 aromatic heterocycles. The lowest BCUT2D eigenvalue weighted by Crippen LogP contribution is -1.90. The molecular formula is C15H16N2O2S. The molecule has 2 aromatic rings. The number of aliphatic hydroxyl groups excluding tert-OH is 1. The van der Waals surface area contributed by atoms with Gasteiger partial charge in [-0.1, -0.05) is 17.9 Å². The Bertz CT molecular complexity index is 641. The lowest BCUT2D eigenvalue weighted by atomic mass is 10.1. The zero-order valence-electron chi connectivity index (χ0n) is 11.5. The lowest BCUT2D eigenvalue weighted by molar-refractivity contribution is 0.350. The Morgan fingerprint density at radius 1 is 1.45 bits per heavy atom. The Morgan fingerprint density at radius 3 is 2.95 bits per heavy atom. The van der Waals surface area contributed by atoms with Gasteiger partial charge in [-0.2, -0.15) is 5.10 Å². The number of methoxy groups -OCH3 is 1. The molecule has 0 aliphatic rings. The minimum atomic E-state index is -0.155. The third-order valence-corrected chi connectivity index (χ3v) is 3.67. The van der Waals surface area contributed by atoms with E-state index in [0.29, 0.717) is 0 Å². The van der Waals surface area contributed by atoms with Crippen LogP contribution in [0.2, 0.25) is 0 Å². The van der Waals surface area contributed by atoms with E-state index in [1.54, 1.807) is 23.6 Å². The maximum Gasteiger partial charge on any atom is 0.134 e. The lowest BCUT2D eigenvalue weighted by Gasteiger charge is -2.06. The first-order valence-corrected chi connectivity index (χ1v) is 7.09. The van der Waals surface area contributed by atoms with Crippen LogP contribution in [0.3, 0.4) is 0 Å². The van der Waals surface area contributed by atoms with E-state index >= 15 is 0 Å². The van der Waals surface area contributed by atoms with Crippen LogP contribution in [0.25, 0.3) is 0 Å². The van der Waals surface area contributed by atoms with Crippen LogP contribution in [0.5, 0.6) is 5.75 Å². The van der Waals surface area contributed by atoms with Crippen LogP contribution in [0.1, 0.15) is 11.1 Å². The van der Waals surface area contributed by atoms with Gasteiger partial charge in [0.15, 0.2) is 0 Å². The molecular weight excluding hydrogens is 272 g/mol. The summed E-state index contributed by atoms with van der Waals surface area (Å²) >= 11 is 1.72. The monoisotopic (exact) mass is 288 g/mol. The molecule has 0 unspecified atom stereocenters. The van der Waals surface area contributed by atoms with Crippen molar-refractivity contribution in [3.05, 3.63) is 41.7 Å². The normalized spacial score (nSPS) is 9.95. The third-order valence-electron chi connectivity index (χ3n) is 2.65. The highest BCUT2D eigenvalue weighted by molar-refractivity contribution is 7.98. The summed E-state index contributed by atoms with van der Waals surface area (Å²) in [4.78, 5) is 1.13. The van der Waals surface area contributed by atoms with Crippen LogP contribution in [-0.4, -0.2) is 28.6 Å². The second-order valence-electron chi connectivity index (χ2n) is 4.13. The maximum absolute atomic E-state index is 8.79. The Kier molecular flexibility index (Phi) is 5.10. The van der Waals surface area contributed by atoms with Crippen molar-refractivity contribution in [2.45, 2.75) is 10.6 Å². The average molecular weight is 288 g/mol. The van der Waals surface area contributed by atoms with E-state index in [9.17, 15) is 0 Å². The summed E-state index contributed by atoms with van der Waals surface area (Å²) in [5, 5.41) is 12.9. The highest BCUT2D eigenvalue weighted by Crippen LogP contribution is 2.25. The first kappa shape index (κ1) is 14.5. The number of nitrogens with zero attached hydrogens (tertiary/aromatic N) is 2. The molecule has 0 aliphatic heterocycles. The van der Waals surface area contributed by atoms with Crippen LogP contribution in [0.4, 0.5) is 0 Å². The maximum atomic E-state index is 8.79. The summed E-state index contributed by atoms with van der Waals surface area (Å²) in [6, 6.07) is 5.91. The molecule has 0 saturated heterocycles. The molecule has 0 atom stereocenters.